The average molecular weight is 209 g/mol. The second kappa shape index (κ2) is 4.91. The lowest BCUT2D eigenvalue weighted by atomic mass is 10.0. The lowest BCUT2D eigenvalue weighted by molar-refractivity contribution is 0.323. The first kappa shape index (κ1) is 11.7. The standard InChI is InChI=1S/C12H17O3/c1-8(2)9-6-7-10(13-3)12(15-5)11(9)14-4/h6-7H,1-5H3. The van der Waals surface area contributed by atoms with Gasteiger partial charge in [0.25, 0.3) is 0 Å². The predicted octanol–water partition coefficient (Wildman–Crippen LogP) is 2.67. The third kappa shape index (κ3) is 2.17. The Balaban J connectivity index is 3.34. The van der Waals surface area contributed by atoms with Crippen LogP contribution >= 0.6 is 0 Å². The van der Waals surface area contributed by atoms with Crippen LogP contribution in [0.3, 0.4) is 0 Å². The zero-order chi connectivity index (χ0) is 11.4. The van der Waals surface area contributed by atoms with Gasteiger partial charge in [-0.25, -0.2) is 0 Å². The molecular formula is C12H17O3. The van der Waals surface area contributed by atoms with Crippen molar-refractivity contribution in [3.63, 3.8) is 0 Å². The van der Waals surface area contributed by atoms with Gasteiger partial charge in [0.2, 0.25) is 5.75 Å². The van der Waals surface area contributed by atoms with Crippen molar-refractivity contribution in [1.29, 1.82) is 0 Å². The fraction of sp³-hybridized carbons (Fsp3) is 0.417. The molecule has 0 N–H and O–H groups in total. The molecule has 0 spiro atoms. The minimum absolute atomic E-state index is 0.638. The van der Waals surface area contributed by atoms with Gasteiger partial charge in [0, 0.05) is 11.5 Å². The van der Waals surface area contributed by atoms with Gasteiger partial charge < -0.3 is 14.2 Å². The Bertz CT molecular complexity index is 332. The molecule has 1 radical (unpaired) electrons. The van der Waals surface area contributed by atoms with Gasteiger partial charge in [-0.2, -0.15) is 0 Å². The summed E-state index contributed by atoms with van der Waals surface area (Å²) in [7, 11) is 4.85. The summed E-state index contributed by atoms with van der Waals surface area (Å²) in [5.41, 5.74) is 1.04. The van der Waals surface area contributed by atoms with Gasteiger partial charge in [-0.15, -0.1) is 0 Å². The van der Waals surface area contributed by atoms with Gasteiger partial charge in [-0.05, 0) is 6.07 Å². The van der Waals surface area contributed by atoms with E-state index in [0.717, 1.165) is 11.3 Å². The zero-order valence-corrected chi connectivity index (χ0v) is 9.88. The minimum atomic E-state index is 0.638. The Morgan fingerprint density at radius 2 is 1.47 bits per heavy atom. The monoisotopic (exact) mass is 209 g/mol. The Kier molecular flexibility index (Phi) is 3.83. The van der Waals surface area contributed by atoms with Crippen molar-refractivity contribution in [2.24, 2.45) is 0 Å². The molecule has 0 aromatic heterocycles. The van der Waals surface area contributed by atoms with E-state index in [1.807, 2.05) is 26.0 Å². The lowest BCUT2D eigenvalue weighted by Crippen LogP contribution is -2.00. The van der Waals surface area contributed by atoms with Crippen LogP contribution in [-0.4, -0.2) is 21.3 Å². The summed E-state index contributed by atoms with van der Waals surface area (Å²) in [6.45, 7) is 4.06. The van der Waals surface area contributed by atoms with Crippen molar-refractivity contribution in [3.05, 3.63) is 23.6 Å². The van der Waals surface area contributed by atoms with Gasteiger partial charge in [0.15, 0.2) is 11.5 Å². The number of benzene rings is 1. The van der Waals surface area contributed by atoms with Gasteiger partial charge >= 0.3 is 0 Å². The molecule has 0 aliphatic rings. The van der Waals surface area contributed by atoms with Crippen molar-refractivity contribution in [1.82, 2.24) is 0 Å². The van der Waals surface area contributed by atoms with Crippen LogP contribution in [0, 0.1) is 5.92 Å². The van der Waals surface area contributed by atoms with Crippen molar-refractivity contribution in [2.45, 2.75) is 13.8 Å². The molecule has 15 heavy (non-hydrogen) atoms. The number of methoxy groups -OCH3 is 3. The highest BCUT2D eigenvalue weighted by atomic mass is 16.5. The smallest absolute Gasteiger partial charge is 0.203 e. The molecule has 3 heteroatoms. The molecule has 0 saturated heterocycles. The van der Waals surface area contributed by atoms with E-state index < -0.39 is 0 Å². The Morgan fingerprint density at radius 1 is 0.867 bits per heavy atom. The summed E-state index contributed by atoms with van der Waals surface area (Å²) >= 11 is 0. The molecule has 0 bridgehead atoms. The van der Waals surface area contributed by atoms with Crippen LogP contribution in [0.15, 0.2) is 12.1 Å². The maximum absolute atomic E-state index is 5.35. The van der Waals surface area contributed by atoms with Gasteiger partial charge in [0.1, 0.15) is 0 Å². The van der Waals surface area contributed by atoms with Crippen molar-refractivity contribution < 1.29 is 14.2 Å². The molecule has 1 aromatic carbocycles. The SMILES string of the molecule is COc1ccc([C](C)C)c(OC)c1OC. The van der Waals surface area contributed by atoms with Crippen LogP contribution in [0.2, 0.25) is 0 Å². The first-order valence-corrected chi connectivity index (χ1v) is 4.75. The second-order valence-electron chi connectivity index (χ2n) is 3.38. The average Bonchev–Trinajstić information content (AvgIpc) is 2.26. The number of ether oxygens (including phenoxy) is 3. The molecule has 0 heterocycles. The van der Waals surface area contributed by atoms with Crippen LogP contribution in [0.25, 0.3) is 0 Å². The van der Waals surface area contributed by atoms with E-state index in [0.29, 0.717) is 11.5 Å². The fourth-order valence-corrected chi connectivity index (χ4v) is 1.50. The van der Waals surface area contributed by atoms with Crippen molar-refractivity contribution >= 4 is 0 Å². The third-order valence-corrected chi connectivity index (χ3v) is 2.24. The zero-order valence-electron chi connectivity index (χ0n) is 9.88. The van der Waals surface area contributed by atoms with E-state index in [1.165, 1.54) is 5.92 Å². The van der Waals surface area contributed by atoms with Crippen molar-refractivity contribution in [3.8, 4) is 17.2 Å². The summed E-state index contributed by atoms with van der Waals surface area (Å²) in [5, 5.41) is 0. The first-order valence-electron chi connectivity index (χ1n) is 4.75. The fourth-order valence-electron chi connectivity index (χ4n) is 1.50. The maximum atomic E-state index is 5.35. The molecule has 0 unspecified atom stereocenters. The Labute approximate surface area is 91.0 Å². The van der Waals surface area contributed by atoms with Crippen molar-refractivity contribution in [2.75, 3.05) is 21.3 Å². The Morgan fingerprint density at radius 3 is 1.87 bits per heavy atom. The van der Waals surface area contributed by atoms with Gasteiger partial charge in [-0.1, -0.05) is 19.9 Å². The molecule has 0 saturated carbocycles. The topological polar surface area (TPSA) is 27.7 Å². The molecule has 3 nitrogen and oxygen atoms in total. The van der Waals surface area contributed by atoms with Crippen LogP contribution in [0.5, 0.6) is 17.2 Å². The van der Waals surface area contributed by atoms with E-state index in [9.17, 15) is 0 Å². The molecule has 1 rings (SSSR count). The highest BCUT2D eigenvalue weighted by Gasteiger charge is 2.17. The number of hydrogen-bond donors (Lipinski definition) is 0. The number of rotatable bonds is 4. The largest absolute Gasteiger partial charge is 0.493 e. The number of hydrogen-bond acceptors (Lipinski definition) is 3. The molecule has 0 atom stereocenters. The predicted molar refractivity (Wildman–Crippen MR) is 59.8 cm³/mol. The normalized spacial score (nSPS) is 10.3. The molecule has 0 fully saturated rings. The van der Waals surface area contributed by atoms with E-state index >= 15 is 0 Å². The van der Waals surface area contributed by atoms with Gasteiger partial charge in [-0.3, -0.25) is 0 Å². The summed E-state index contributed by atoms with van der Waals surface area (Å²) in [6.07, 6.45) is 0. The minimum Gasteiger partial charge on any atom is -0.493 e. The van der Waals surface area contributed by atoms with Crippen LogP contribution in [-0.2, 0) is 0 Å². The maximum Gasteiger partial charge on any atom is 0.203 e. The van der Waals surface area contributed by atoms with E-state index in [4.69, 9.17) is 14.2 Å². The summed E-state index contributed by atoms with van der Waals surface area (Å²) < 4.78 is 15.8. The third-order valence-electron chi connectivity index (χ3n) is 2.24. The van der Waals surface area contributed by atoms with E-state index in [2.05, 4.69) is 0 Å². The molecule has 1 aromatic rings. The highest BCUT2D eigenvalue weighted by molar-refractivity contribution is 5.59. The molecule has 0 aliphatic carbocycles. The van der Waals surface area contributed by atoms with Crippen LogP contribution in [0.4, 0.5) is 0 Å². The highest BCUT2D eigenvalue weighted by Crippen LogP contribution is 2.41. The lowest BCUT2D eigenvalue weighted by Gasteiger charge is -2.17. The molecule has 0 aliphatic heterocycles. The summed E-state index contributed by atoms with van der Waals surface area (Å²) in [6, 6.07) is 3.85. The molecule has 0 amide bonds. The molecule has 83 valence electrons. The first-order chi connectivity index (χ1) is 7.15. The summed E-state index contributed by atoms with van der Waals surface area (Å²) in [4.78, 5) is 0. The van der Waals surface area contributed by atoms with Crippen LogP contribution in [0.1, 0.15) is 19.4 Å². The second-order valence-corrected chi connectivity index (χ2v) is 3.38. The Hall–Kier alpha value is -1.38. The summed E-state index contributed by atoms with van der Waals surface area (Å²) in [5.74, 6) is 3.21. The van der Waals surface area contributed by atoms with Crippen LogP contribution < -0.4 is 14.2 Å². The van der Waals surface area contributed by atoms with E-state index in [1.54, 1.807) is 21.3 Å². The molecular weight excluding hydrogens is 192 g/mol. The van der Waals surface area contributed by atoms with E-state index in [-0.39, 0.29) is 0 Å². The quantitative estimate of drug-likeness (QED) is 0.763. The van der Waals surface area contributed by atoms with Gasteiger partial charge in [0.05, 0.1) is 21.3 Å².